The van der Waals surface area contributed by atoms with Gasteiger partial charge in [0.1, 0.15) is 0 Å². The van der Waals surface area contributed by atoms with Gasteiger partial charge in [-0.15, -0.1) is 0 Å². The van der Waals surface area contributed by atoms with Gasteiger partial charge in [-0.1, -0.05) is 71.5 Å². The molecule has 1 aliphatic heterocycles. The fraction of sp³-hybridized carbons (Fsp3) is 0.120. The second kappa shape index (κ2) is 8.42. The molecule has 4 aromatic rings. The van der Waals surface area contributed by atoms with Crippen molar-refractivity contribution in [1.29, 1.82) is 0 Å². The van der Waals surface area contributed by atoms with Crippen LogP contribution in [0.3, 0.4) is 0 Å². The van der Waals surface area contributed by atoms with Crippen molar-refractivity contribution >= 4 is 45.9 Å². The van der Waals surface area contributed by atoms with Crippen LogP contribution in [-0.4, -0.2) is 22.6 Å². The van der Waals surface area contributed by atoms with Crippen molar-refractivity contribution in [1.82, 2.24) is 9.55 Å². The Kier molecular flexibility index (Phi) is 5.44. The summed E-state index contributed by atoms with van der Waals surface area (Å²) in [6.07, 6.45) is 1.71. The summed E-state index contributed by atoms with van der Waals surface area (Å²) in [5.41, 5.74) is 2.73. The number of fused-ring (bicyclic) bond motifs is 2. The van der Waals surface area contributed by atoms with E-state index in [-0.39, 0.29) is 5.56 Å². The van der Waals surface area contributed by atoms with E-state index in [1.54, 1.807) is 23.6 Å². The Labute approximate surface area is 197 Å². The zero-order valence-electron chi connectivity index (χ0n) is 17.8. The molecular weight excluding hydrogens is 458 g/mol. The van der Waals surface area contributed by atoms with E-state index in [4.69, 9.17) is 16.3 Å². The second-order valence-electron chi connectivity index (χ2n) is 7.53. The summed E-state index contributed by atoms with van der Waals surface area (Å²) in [6.45, 7) is 1.75. The molecule has 8 heteroatoms. The quantitative estimate of drug-likeness (QED) is 0.424. The Bertz CT molecular complexity index is 1620. The van der Waals surface area contributed by atoms with Crippen LogP contribution in [-0.2, 0) is 9.53 Å². The first kappa shape index (κ1) is 21.3. The number of ether oxygens (including phenoxy) is 1. The van der Waals surface area contributed by atoms with Crippen LogP contribution in [0.4, 0.5) is 0 Å². The molecule has 0 bridgehead atoms. The predicted molar refractivity (Wildman–Crippen MR) is 129 cm³/mol. The Hall–Kier alpha value is -3.55. The number of para-hydroxylation sites is 1. The Morgan fingerprint density at radius 2 is 1.88 bits per heavy atom. The number of aromatic nitrogens is 2. The summed E-state index contributed by atoms with van der Waals surface area (Å²) in [4.78, 5) is 35.9. The molecule has 1 unspecified atom stereocenters. The number of halogens is 1. The molecule has 0 aliphatic carbocycles. The van der Waals surface area contributed by atoms with Gasteiger partial charge in [-0.25, -0.2) is 14.8 Å². The molecule has 1 aliphatic rings. The van der Waals surface area contributed by atoms with Crippen LogP contribution in [0.5, 0.6) is 0 Å². The van der Waals surface area contributed by atoms with Gasteiger partial charge in [-0.05, 0) is 30.7 Å². The van der Waals surface area contributed by atoms with Crippen molar-refractivity contribution in [3.05, 3.63) is 108 Å². The van der Waals surface area contributed by atoms with Crippen LogP contribution >= 0.6 is 22.9 Å². The van der Waals surface area contributed by atoms with Gasteiger partial charge in [0, 0.05) is 5.39 Å². The van der Waals surface area contributed by atoms with Crippen molar-refractivity contribution < 1.29 is 9.53 Å². The third-order valence-electron chi connectivity index (χ3n) is 5.51. The molecule has 1 atom stereocenters. The molecule has 5 rings (SSSR count). The average molecular weight is 476 g/mol. The van der Waals surface area contributed by atoms with Crippen LogP contribution in [0.1, 0.15) is 24.2 Å². The maximum Gasteiger partial charge on any atom is 0.338 e. The lowest BCUT2D eigenvalue weighted by Crippen LogP contribution is -2.39. The highest BCUT2D eigenvalue weighted by Gasteiger charge is 2.32. The first-order valence-electron chi connectivity index (χ1n) is 10.2. The predicted octanol–water partition coefficient (Wildman–Crippen LogP) is 3.61. The monoisotopic (exact) mass is 475 g/mol. The lowest BCUT2D eigenvalue weighted by Gasteiger charge is -2.24. The molecule has 164 valence electrons. The third-order valence-corrected chi connectivity index (χ3v) is 6.80. The molecule has 0 saturated carbocycles. The van der Waals surface area contributed by atoms with Gasteiger partial charge in [-0.2, -0.15) is 0 Å². The summed E-state index contributed by atoms with van der Waals surface area (Å²) >= 11 is 7.70. The molecular formula is C25H18ClN3O3S. The first-order valence-corrected chi connectivity index (χ1v) is 11.4. The van der Waals surface area contributed by atoms with Gasteiger partial charge in [-0.3, -0.25) is 9.36 Å². The Morgan fingerprint density at radius 1 is 1.15 bits per heavy atom. The van der Waals surface area contributed by atoms with Crippen molar-refractivity contribution in [2.24, 2.45) is 4.99 Å². The molecule has 0 saturated heterocycles. The minimum absolute atomic E-state index is 0.257. The van der Waals surface area contributed by atoms with Gasteiger partial charge in [0.2, 0.25) is 0 Å². The zero-order chi connectivity index (χ0) is 23.1. The number of rotatable bonds is 3. The van der Waals surface area contributed by atoms with E-state index in [0.29, 0.717) is 31.3 Å². The zero-order valence-corrected chi connectivity index (χ0v) is 19.4. The number of thiazole rings is 1. The fourth-order valence-corrected chi connectivity index (χ4v) is 5.31. The van der Waals surface area contributed by atoms with E-state index in [1.165, 1.54) is 18.4 Å². The Balaban J connectivity index is 1.74. The number of nitrogens with zero attached hydrogens (tertiary/aromatic N) is 3. The average Bonchev–Trinajstić information content (AvgIpc) is 3.12. The number of carbonyl (C=O) groups is 1. The molecule has 2 aromatic carbocycles. The molecule has 0 spiro atoms. The highest BCUT2D eigenvalue weighted by atomic mass is 35.5. The first-order chi connectivity index (χ1) is 16.0. The summed E-state index contributed by atoms with van der Waals surface area (Å²) in [5.74, 6) is -0.512. The standard InChI is InChI=1S/C25H18ClN3O3S/c1-14-21(24(31)32-2)22(15-8-4-3-5-9-15)29-23(30)20(33-25(29)27-14)13-16-12-18(26)17-10-6-7-11-19(17)28-16/h3-13,22H,1-2H3/b20-13-. The lowest BCUT2D eigenvalue weighted by atomic mass is 9.96. The number of hydrogen-bond donors (Lipinski definition) is 0. The second-order valence-corrected chi connectivity index (χ2v) is 8.95. The van der Waals surface area contributed by atoms with Crippen LogP contribution in [0.2, 0.25) is 5.02 Å². The van der Waals surface area contributed by atoms with Gasteiger partial charge in [0.25, 0.3) is 5.56 Å². The molecule has 6 nitrogen and oxygen atoms in total. The summed E-state index contributed by atoms with van der Waals surface area (Å²) in [7, 11) is 1.32. The van der Waals surface area contributed by atoms with E-state index in [2.05, 4.69) is 9.98 Å². The van der Waals surface area contributed by atoms with E-state index < -0.39 is 12.0 Å². The molecule has 0 fully saturated rings. The summed E-state index contributed by atoms with van der Waals surface area (Å²) in [5, 5.41) is 1.41. The maximum atomic E-state index is 13.6. The van der Waals surface area contributed by atoms with Gasteiger partial charge in [0.15, 0.2) is 4.80 Å². The van der Waals surface area contributed by atoms with Crippen LogP contribution in [0.25, 0.3) is 17.0 Å². The number of methoxy groups -OCH3 is 1. The number of esters is 1. The molecule has 0 N–H and O–H groups in total. The maximum absolute atomic E-state index is 13.6. The van der Waals surface area contributed by atoms with E-state index in [9.17, 15) is 9.59 Å². The molecule has 2 aromatic heterocycles. The smallest absolute Gasteiger partial charge is 0.338 e. The van der Waals surface area contributed by atoms with Crippen molar-refractivity contribution in [3.63, 3.8) is 0 Å². The largest absolute Gasteiger partial charge is 0.466 e. The van der Waals surface area contributed by atoms with Gasteiger partial charge >= 0.3 is 5.97 Å². The van der Waals surface area contributed by atoms with E-state index in [0.717, 1.165) is 16.5 Å². The number of pyridine rings is 1. The minimum Gasteiger partial charge on any atom is -0.466 e. The number of benzene rings is 2. The van der Waals surface area contributed by atoms with Gasteiger partial charge < -0.3 is 4.74 Å². The highest BCUT2D eigenvalue weighted by Crippen LogP contribution is 2.30. The molecule has 0 amide bonds. The van der Waals surface area contributed by atoms with Crippen molar-refractivity contribution in [2.45, 2.75) is 13.0 Å². The molecule has 3 heterocycles. The number of allylic oxidation sites excluding steroid dienone is 1. The van der Waals surface area contributed by atoms with Crippen LogP contribution in [0.15, 0.2) is 81.7 Å². The van der Waals surface area contributed by atoms with Crippen molar-refractivity contribution in [2.75, 3.05) is 7.11 Å². The van der Waals surface area contributed by atoms with E-state index in [1.807, 2.05) is 54.6 Å². The minimum atomic E-state index is -0.634. The third kappa shape index (κ3) is 3.69. The lowest BCUT2D eigenvalue weighted by molar-refractivity contribution is -0.136. The summed E-state index contributed by atoms with van der Waals surface area (Å²) in [6, 6.07) is 18.1. The van der Waals surface area contributed by atoms with E-state index >= 15 is 0 Å². The van der Waals surface area contributed by atoms with Crippen LogP contribution < -0.4 is 14.9 Å². The Morgan fingerprint density at radius 3 is 2.64 bits per heavy atom. The highest BCUT2D eigenvalue weighted by molar-refractivity contribution is 7.07. The van der Waals surface area contributed by atoms with Crippen molar-refractivity contribution in [3.8, 4) is 0 Å². The molecule has 33 heavy (non-hydrogen) atoms. The fourth-order valence-electron chi connectivity index (χ4n) is 4.00. The molecule has 0 radical (unpaired) electrons. The summed E-state index contributed by atoms with van der Waals surface area (Å²) < 4.78 is 7.02. The normalized spacial score (nSPS) is 16.0. The van der Waals surface area contributed by atoms with Crippen LogP contribution in [0, 0.1) is 0 Å². The SMILES string of the molecule is COC(=O)C1=C(C)N=c2s/c(=C\c3cc(Cl)c4ccccc4n3)c(=O)n2C1c1ccccc1. The topological polar surface area (TPSA) is 73.6 Å². The number of carbonyl (C=O) groups excluding carboxylic acids is 1. The van der Waals surface area contributed by atoms with Gasteiger partial charge in [0.05, 0.1) is 45.2 Å². The number of hydrogen-bond acceptors (Lipinski definition) is 6.